The number of amides is 1. The fraction of sp³-hybridized carbons (Fsp3) is 0.182. The van der Waals surface area contributed by atoms with Crippen LogP contribution in [0.1, 0.15) is 11.3 Å². The maximum Gasteiger partial charge on any atom is 0.226 e. The first-order chi connectivity index (χ1) is 14.2. The van der Waals surface area contributed by atoms with Crippen molar-refractivity contribution in [3.63, 3.8) is 0 Å². The lowest BCUT2D eigenvalue weighted by atomic mass is 10.1. The molecule has 1 amide bonds. The van der Waals surface area contributed by atoms with Crippen molar-refractivity contribution in [2.45, 2.75) is 13.3 Å². The van der Waals surface area contributed by atoms with Crippen LogP contribution in [0, 0.1) is 6.92 Å². The van der Waals surface area contributed by atoms with Gasteiger partial charge in [-0.1, -0.05) is 18.2 Å². The molecule has 2 N–H and O–H groups in total. The molecule has 3 aromatic heterocycles. The third-order valence-corrected chi connectivity index (χ3v) is 5.44. The average Bonchev–Trinajstić information content (AvgIpc) is 3.20. The molecule has 0 spiro atoms. The standard InChI is InChI=1S/C22H21N5OS/c1-15-12-20(27-19-5-3-2-4-18(15)19)24-10-11-25-21(28)13-17-14-29-22(26-17)16-6-8-23-9-7-16/h2-9,12,14H,10-11,13H2,1H3,(H,24,27)(H,25,28). The number of benzene rings is 1. The highest BCUT2D eigenvalue weighted by Crippen LogP contribution is 2.23. The summed E-state index contributed by atoms with van der Waals surface area (Å²) in [6.07, 6.45) is 3.75. The summed E-state index contributed by atoms with van der Waals surface area (Å²) in [7, 11) is 0. The SMILES string of the molecule is Cc1cc(NCCNC(=O)Cc2csc(-c3ccncc3)n2)nc2ccccc12. The monoisotopic (exact) mass is 403 g/mol. The van der Waals surface area contributed by atoms with Crippen LogP contribution in [0.15, 0.2) is 60.2 Å². The third-order valence-electron chi connectivity index (χ3n) is 4.50. The Morgan fingerprint density at radius 2 is 1.90 bits per heavy atom. The molecule has 0 aliphatic heterocycles. The molecule has 0 fully saturated rings. The molecule has 4 aromatic rings. The van der Waals surface area contributed by atoms with E-state index in [-0.39, 0.29) is 12.3 Å². The summed E-state index contributed by atoms with van der Waals surface area (Å²) in [5.41, 5.74) is 3.93. The number of rotatable bonds is 7. The zero-order chi connectivity index (χ0) is 20.1. The molecule has 0 aliphatic rings. The van der Waals surface area contributed by atoms with E-state index in [4.69, 9.17) is 0 Å². The topological polar surface area (TPSA) is 79.8 Å². The lowest BCUT2D eigenvalue weighted by molar-refractivity contribution is -0.120. The second-order valence-electron chi connectivity index (χ2n) is 6.67. The van der Waals surface area contributed by atoms with Crippen molar-refractivity contribution < 1.29 is 4.79 Å². The predicted octanol–water partition coefficient (Wildman–Crippen LogP) is 3.83. The molecule has 7 heteroatoms. The Labute approximate surface area is 173 Å². The highest BCUT2D eigenvalue weighted by molar-refractivity contribution is 7.13. The van der Waals surface area contributed by atoms with E-state index in [0.717, 1.165) is 33.0 Å². The van der Waals surface area contributed by atoms with E-state index in [1.165, 1.54) is 16.9 Å². The number of thiazole rings is 1. The van der Waals surface area contributed by atoms with Gasteiger partial charge in [0.2, 0.25) is 5.91 Å². The zero-order valence-corrected chi connectivity index (χ0v) is 16.9. The van der Waals surface area contributed by atoms with Crippen LogP contribution in [0.2, 0.25) is 0 Å². The fourth-order valence-corrected chi connectivity index (χ4v) is 3.90. The second kappa shape index (κ2) is 8.79. The van der Waals surface area contributed by atoms with Gasteiger partial charge < -0.3 is 10.6 Å². The first-order valence-corrected chi connectivity index (χ1v) is 10.3. The lowest BCUT2D eigenvalue weighted by Crippen LogP contribution is -2.30. The number of aromatic nitrogens is 3. The van der Waals surface area contributed by atoms with Crippen molar-refractivity contribution in [3.8, 4) is 10.6 Å². The molecule has 1 aromatic carbocycles. The summed E-state index contributed by atoms with van der Waals surface area (Å²) >= 11 is 1.53. The number of hydrogen-bond acceptors (Lipinski definition) is 6. The Bertz CT molecular complexity index is 1130. The molecule has 0 atom stereocenters. The van der Waals surface area contributed by atoms with Crippen molar-refractivity contribution >= 4 is 34.0 Å². The van der Waals surface area contributed by atoms with Crippen molar-refractivity contribution in [3.05, 3.63) is 71.5 Å². The number of carbonyl (C=O) groups excluding carboxylic acids is 1. The van der Waals surface area contributed by atoms with Crippen molar-refractivity contribution in [1.82, 2.24) is 20.3 Å². The Morgan fingerprint density at radius 3 is 2.76 bits per heavy atom. The second-order valence-corrected chi connectivity index (χ2v) is 7.53. The smallest absolute Gasteiger partial charge is 0.226 e. The van der Waals surface area contributed by atoms with E-state index in [1.807, 2.05) is 41.8 Å². The first kappa shape index (κ1) is 19.0. The first-order valence-electron chi connectivity index (χ1n) is 9.41. The molecule has 0 unspecified atom stereocenters. The van der Waals surface area contributed by atoms with Gasteiger partial charge in [0.15, 0.2) is 0 Å². The number of nitrogens with one attached hydrogen (secondary N) is 2. The molecular weight excluding hydrogens is 382 g/mol. The number of pyridine rings is 2. The largest absolute Gasteiger partial charge is 0.368 e. The number of anilines is 1. The maximum atomic E-state index is 12.2. The van der Waals surface area contributed by atoms with E-state index >= 15 is 0 Å². The normalized spacial score (nSPS) is 10.8. The Balaban J connectivity index is 1.26. The van der Waals surface area contributed by atoms with Crippen LogP contribution in [0.4, 0.5) is 5.82 Å². The summed E-state index contributed by atoms with van der Waals surface area (Å²) in [6.45, 7) is 3.20. The van der Waals surface area contributed by atoms with Gasteiger partial charge in [0.25, 0.3) is 0 Å². The van der Waals surface area contributed by atoms with Crippen LogP contribution < -0.4 is 10.6 Å². The summed E-state index contributed by atoms with van der Waals surface area (Å²) < 4.78 is 0. The van der Waals surface area contributed by atoms with Gasteiger partial charge >= 0.3 is 0 Å². The van der Waals surface area contributed by atoms with E-state index in [9.17, 15) is 4.79 Å². The van der Waals surface area contributed by atoms with Crippen LogP contribution in [0.25, 0.3) is 21.5 Å². The fourth-order valence-electron chi connectivity index (χ4n) is 3.07. The van der Waals surface area contributed by atoms with Gasteiger partial charge in [-0.05, 0) is 36.8 Å². The van der Waals surface area contributed by atoms with Crippen LogP contribution >= 0.6 is 11.3 Å². The molecule has 146 valence electrons. The van der Waals surface area contributed by atoms with Crippen LogP contribution in [-0.4, -0.2) is 33.9 Å². The lowest BCUT2D eigenvalue weighted by Gasteiger charge is -2.09. The predicted molar refractivity (Wildman–Crippen MR) is 117 cm³/mol. The van der Waals surface area contributed by atoms with Gasteiger partial charge in [-0.25, -0.2) is 9.97 Å². The Morgan fingerprint density at radius 1 is 1.07 bits per heavy atom. The molecule has 0 saturated heterocycles. The van der Waals surface area contributed by atoms with Crippen molar-refractivity contribution in [1.29, 1.82) is 0 Å². The number of nitrogens with zero attached hydrogens (tertiary/aromatic N) is 3. The molecule has 29 heavy (non-hydrogen) atoms. The summed E-state index contributed by atoms with van der Waals surface area (Å²) in [5, 5.41) is 10.2. The minimum absolute atomic E-state index is 0.0407. The molecule has 0 saturated carbocycles. The number of hydrogen-bond donors (Lipinski definition) is 2. The van der Waals surface area contributed by atoms with Crippen LogP contribution in [0.3, 0.4) is 0 Å². The van der Waals surface area contributed by atoms with Gasteiger partial charge in [0.1, 0.15) is 10.8 Å². The Kier molecular flexibility index (Phi) is 5.76. The molecule has 4 rings (SSSR count). The molecular formula is C22H21N5OS. The number of fused-ring (bicyclic) bond motifs is 1. The molecule has 0 aliphatic carbocycles. The molecule has 6 nitrogen and oxygen atoms in total. The minimum Gasteiger partial charge on any atom is -0.368 e. The number of para-hydroxylation sites is 1. The van der Waals surface area contributed by atoms with Crippen LogP contribution in [0.5, 0.6) is 0 Å². The van der Waals surface area contributed by atoms with Gasteiger partial charge in [0, 0.05) is 41.8 Å². The quantitative estimate of drug-likeness (QED) is 0.459. The number of aryl methyl sites for hydroxylation is 1. The highest BCUT2D eigenvalue weighted by Gasteiger charge is 2.09. The molecule has 0 radical (unpaired) electrons. The average molecular weight is 404 g/mol. The van der Waals surface area contributed by atoms with Gasteiger partial charge in [-0.3, -0.25) is 9.78 Å². The van der Waals surface area contributed by atoms with Crippen LogP contribution in [-0.2, 0) is 11.2 Å². The zero-order valence-electron chi connectivity index (χ0n) is 16.1. The van der Waals surface area contributed by atoms with Gasteiger partial charge in [-0.2, -0.15) is 0 Å². The minimum atomic E-state index is -0.0407. The van der Waals surface area contributed by atoms with E-state index < -0.39 is 0 Å². The Hall–Kier alpha value is -3.32. The van der Waals surface area contributed by atoms with E-state index in [2.05, 4.69) is 38.6 Å². The van der Waals surface area contributed by atoms with Crippen molar-refractivity contribution in [2.75, 3.05) is 18.4 Å². The molecule has 3 heterocycles. The maximum absolute atomic E-state index is 12.2. The van der Waals surface area contributed by atoms with E-state index in [0.29, 0.717) is 13.1 Å². The molecule has 0 bridgehead atoms. The van der Waals surface area contributed by atoms with Gasteiger partial charge in [0.05, 0.1) is 17.6 Å². The summed E-state index contributed by atoms with van der Waals surface area (Å²) in [6, 6.07) is 13.9. The van der Waals surface area contributed by atoms with Crippen molar-refractivity contribution in [2.24, 2.45) is 0 Å². The summed E-state index contributed by atoms with van der Waals surface area (Å²) in [5.74, 6) is 0.776. The summed E-state index contributed by atoms with van der Waals surface area (Å²) in [4.78, 5) is 25.4. The third kappa shape index (κ3) is 4.75. The number of carbonyl (C=O) groups is 1. The van der Waals surface area contributed by atoms with E-state index in [1.54, 1.807) is 12.4 Å². The highest BCUT2D eigenvalue weighted by atomic mass is 32.1. The van der Waals surface area contributed by atoms with Gasteiger partial charge in [-0.15, -0.1) is 11.3 Å².